The first kappa shape index (κ1) is 21.2. The van der Waals surface area contributed by atoms with Gasteiger partial charge in [0.15, 0.2) is 0 Å². The molecule has 0 saturated heterocycles. The highest BCUT2D eigenvalue weighted by atomic mass is 35.5. The lowest BCUT2D eigenvalue weighted by molar-refractivity contribution is -0.130. The van der Waals surface area contributed by atoms with E-state index in [1.165, 1.54) is 4.90 Å². The molecule has 0 unspecified atom stereocenters. The number of rotatable bonds is 6. The van der Waals surface area contributed by atoms with Gasteiger partial charge in [-0.15, -0.1) is 12.4 Å². The number of carbonyl (C=O) groups is 2. The summed E-state index contributed by atoms with van der Waals surface area (Å²) in [6.45, 7) is 0. The van der Waals surface area contributed by atoms with Gasteiger partial charge in [-0.05, 0) is 17.7 Å². The van der Waals surface area contributed by atoms with Crippen LogP contribution < -0.4 is 11.1 Å². The average molecular weight is 375 g/mol. The fourth-order valence-corrected chi connectivity index (χ4v) is 2.40. The number of nitrogens with two attached hydrogens (primary N) is 1. The second-order valence-corrected chi connectivity index (χ2v) is 5.94. The summed E-state index contributed by atoms with van der Waals surface area (Å²) < 4.78 is 0. The van der Waals surface area contributed by atoms with Crippen molar-refractivity contribution in [2.75, 3.05) is 14.1 Å². The van der Waals surface area contributed by atoms with E-state index >= 15 is 0 Å². The van der Waals surface area contributed by atoms with E-state index in [0.29, 0.717) is 17.5 Å². The molecule has 2 rings (SSSR count). The lowest BCUT2D eigenvalue weighted by atomic mass is 10.0. The summed E-state index contributed by atoms with van der Waals surface area (Å²) in [5.74, 6) is -0.569. The van der Waals surface area contributed by atoms with E-state index in [4.69, 9.17) is 11.1 Å². The number of carbonyl (C=O) groups excluding carboxylic acids is 2. The third kappa shape index (κ3) is 5.60. The molecule has 0 radical (unpaired) electrons. The summed E-state index contributed by atoms with van der Waals surface area (Å²) in [5, 5.41) is 10.2. The first-order valence-electron chi connectivity index (χ1n) is 7.89. The van der Waals surface area contributed by atoms with Crippen LogP contribution in [0.2, 0.25) is 0 Å². The quantitative estimate of drug-likeness (QED) is 0.531. The number of amidine groups is 1. The normalized spacial score (nSPS) is 11.0. The van der Waals surface area contributed by atoms with E-state index in [1.54, 1.807) is 38.4 Å². The summed E-state index contributed by atoms with van der Waals surface area (Å²) in [4.78, 5) is 26.4. The van der Waals surface area contributed by atoms with Gasteiger partial charge in [-0.2, -0.15) is 0 Å². The molecule has 0 fully saturated rings. The summed E-state index contributed by atoms with van der Waals surface area (Å²) in [6, 6.07) is 15.3. The van der Waals surface area contributed by atoms with Crippen LogP contribution in [0.5, 0.6) is 0 Å². The number of nitrogens with one attached hydrogen (secondary N) is 2. The van der Waals surface area contributed by atoms with Gasteiger partial charge in [0.1, 0.15) is 11.9 Å². The molecule has 0 heterocycles. The highest BCUT2D eigenvalue weighted by Gasteiger charge is 2.23. The first-order valence-corrected chi connectivity index (χ1v) is 7.89. The predicted molar refractivity (Wildman–Crippen MR) is 105 cm³/mol. The maximum Gasteiger partial charge on any atom is 0.251 e. The van der Waals surface area contributed by atoms with E-state index in [-0.39, 0.29) is 30.1 Å². The third-order valence-corrected chi connectivity index (χ3v) is 3.78. The second kappa shape index (κ2) is 9.58. The van der Waals surface area contributed by atoms with Crippen molar-refractivity contribution in [3.8, 4) is 0 Å². The van der Waals surface area contributed by atoms with Gasteiger partial charge in [-0.3, -0.25) is 15.0 Å². The molecule has 2 aromatic carbocycles. The van der Waals surface area contributed by atoms with Crippen LogP contribution in [0.15, 0.2) is 54.6 Å². The Balaban J connectivity index is 0.00000338. The maximum absolute atomic E-state index is 12.5. The fraction of sp³-hybridized carbons (Fsp3) is 0.211. The molecule has 0 spiro atoms. The van der Waals surface area contributed by atoms with Crippen molar-refractivity contribution in [3.05, 3.63) is 71.3 Å². The standard InChI is InChI=1S/C19H22N4O2.ClH/c1-23(2)19(25)16(12-13-6-4-3-5-7-13)22-18(24)15-10-8-14(9-11-15)17(20)21;/h3-11,16H,12H2,1-2H3,(H3,20,21)(H,22,24);1H/t16-;/m0./s1. The molecule has 4 N–H and O–H groups in total. The maximum atomic E-state index is 12.5. The molecule has 0 aliphatic heterocycles. The van der Waals surface area contributed by atoms with Crippen LogP contribution in [-0.4, -0.2) is 42.7 Å². The number of benzene rings is 2. The molecule has 1 atom stereocenters. The Morgan fingerprint density at radius 2 is 1.58 bits per heavy atom. The first-order chi connectivity index (χ1) is 11.9. The molecule has 2 aromatic rings. The number of amides is 2. The highest BCUT2D eigenvalue weighted by Crippen LogP contribution is 2.08. The monoisotopic (exact) mass is 374 g/mol. The van der Waals surface area contributed by atoms with Crippen molar-refractivity contribution in [2.24, 2.45) is 5.73 Å². The number of hydrogen-bond donors (Lipinski definition) is 3. The minimum atomic E-state index is -0.655. The second-order valence-electron chi connectivity index (χ2n) is 5.94. The van der Waals surface area contributed by atoms with Crippen LogP contribution in [0.25, 0.3) is 0 Å². The van der Waals surface area contributed by atoms with Crippen molar-refractivity contribution in [1.29, 1.82) is 5.41 Å². The molecular weight excluding hydrogens is 352 g/mol. The molecular formula is C19H23ClN4O2. The van der Waals surface area contributed by atoms with Crippen LogP contribution in [0, 0.1) is 5.41 Å². The van der Waals surface area contributed by atoms with Gasteiger partial charge in [-0.25, -0.2) is 0 Å². The molecule has 6 nitrogen and oxygen atoms in total. The van der Waals surface area contributed by atoms with Gasteiger partial charge in [0.2, 0.25) is 5.91 Å². The van der Waals surface area contributed by atoms with Gasteiger partial charge in [-0.1, -0.05) is 42.5 Å². The Morgan fingerprint density at radius 3 is 2.08 bits per heavy atom. The largest absolute Gasteiger partial charge is 0.384 e. The molecule has 138 valence electrons. The van der Waals surface area contributed by atoms with Crippen molar-refractivity contribution >= 4 is 30.1 Å². The van der Waals surface area contributed by atoms with E-state index < -0.39 is 6.04 Å². The van der Waals surface area contributed by atoms with Crippen molar-refractivity contribution in [3.63, 3.8) is 0 Å². The Labute approximate surface area is 159 Å². The van der Waals surface area contributed by atoms with E-state index in [9.17, 15) is 9.59 Å². The molecule has 0 aliphatic rings. The Morgan fingerprint density at radius 1 is 1.04 bits per heavy atom. The van der Waals surface area contributed by atoms with Crippen molar-refractivity contribution < 1.29 is 9.59 Å². The van der Waals surface area contributed by atoms with Crippen LogP contribution in [-0.2, 0) is 11.2 Å². The number of likely N-dealkylation sites (N-methyl/N-ethyl adjacent to an activating group) is 1. The molecule has 0 saturated carbocycles. The molecule has 0 aromatic heterocycles. The molecule has 2 amide bonds. The van der Waals surface area contributed by atoms with E-state index in [1.807, 2.05) is 30.3 Å². The van der Waals surface area contributed by atoms with Gasteiger partial charge in [0.05, 0.1) is 0 Å². The van der Waals surface area contributed by atoms with Gasteiger partial charge >= 0.3 is 0 Å². The zero-order chi connectivity index (χ0) is 18.4. The highest BCUT2D eigenvalue weighted by molar-refractivity contribution is 5.99. The van der Waals surface area contributed by atoms with Gasteiger partial charge in [0.25, 0.3) is 5.91 Å². The van der Waals surface area contributed by atoms with Crippen LogP contribution >= 0.6 is 12.4 Å². The third-order valence-electron chi connectivity index (χ3n) is 3.78. The number of halogens is 1. The molecule has 0 aliphatic carbocycles. The summed E-state index contributed by atoms with van der Waals surface area (Å²) in [5.41, 5.74) is 7.33. The predicted octanol–water partition coefficient (Wildman–Crippen LogP) is 1.82. The Hall–Kier alpha value is -2.86. The van der Waals surface area contributed by atoms with Gasteiger partial charge in [0, 0.05) is 31.6 Å². The SMILES string of the molecule is CN(C)C(=O)[C@H](Cc1ccccc1)NC(=O)c1ccc(C(=N)N)cc1.Cl. The minimum absolute atomic E-state index is 0. The van der Waals surface area contributed by atoms with Crippen LogP contribution in [0.1, 0.15) is 21.5 Å². The number of hydrogen-bond acceptors (Lipinski definition) is 3. The van der Waals surface area contributed by atoms with Crippen molar-refractivity contribution in [1.82, 2.24) is 10.2 Å². The summed E-state index contributed by atoms with van der Waals surface area (Å²) in [6.07, 6.45) is 0.412. The smallest absolute Gasteiger partial charge is 0.251 e. The van der Waals surface area contributed by atoms with Crippen LogP contribution in [0.4, 0.5) is 0 Å². The van der Waals surface area contributed by atoms with E-state index in [0.717, 1.165) is 5.56 Å². The Kier molecular flexibility index (Phi) is 7.80. The fourth-order valence-electron chi connectivity index (χ4n) is 2.40. The minimum Gasteiger partial charge on any atom is -0.384 e. The average Bonchev–Trinajstić information content (AvgIpc) is 2.61. The lowest BCUT2D eigenvalue weighted by Gasteiger charge is -2.22. The lowest BCUT2D eigenvalue weighted by Crippen LogP contribution is -2.47. The zero-order valence-corrected chi connectivity index (χ0v) is 15.5. The van der Waals surface area contributed by atoms with Gasteiger partial charge < -0.3 is 16.0 Å². The Bertz CT molecular complexity index is 761. The van der Waals surface area contributed by atoms with E-state index in [2.05, 4.69) is 5.32 Å². The molecule has 7 heteroatoms. The number of nitrogens with zero attached hydrogens (tertiary/aromatic N) is 1. The molecule has 0 bridgehead atoms. The summed E-state index contributed by atoms with van der Waals surface area (Å²) >= 11 is 0. The summed E-state index contributed by atoms with van der Waals surface area (Å²) in [7, 11) is 3.32. The zero-order valence-electron chi connectivity index (χ0n) is 14.7. The topological polar surface area (TPSA) is 99.3 Å². The van der Waals surface area contributed by atoms with Crippen molar-refractivity contribution in [2.45, 2.75) is 12.5 Å². The number of nitrogen functional groups attached to an aromatic ring is 1. The molecule has 26 heavy (non-hydrogen) atoms. The van der Waals surface area contributed by atoms with Crippen LogP contribution in [0.3, 0.4) is 0 Å².